The Bertz CT molecular complexity index is 585. The summed E-state index contributed by atoms with van der Waals surface area (Å²) in [6, 6.07) is 4.14. The number of nitrogens with one attached hydrogen (secondary N) is 1. The molecule has 0 spiro atoms. The summed E-state index contributed by atoms with van der Waals surface area (Å²) in [5.41, 5.74) is 1.43. The van der Waals surface area contributed by atoms with Crippen LogP contribution in [0.2, 0.25) is 0 Å². The van der Waals surface area contributed by atoms with Crippen molar-refractivity contribution in [3.63, 3.8) is 0 Å². The Balaban J connectivity index is 3.25. The first-order valence-electron chi connectivity index (χ1n) is 6.40. The molecule has 0 unspecified atom stereocenters. The number of hydrogen-bond acceptors (Lipinski definition) is 3. The molecule has 0 amide bonds. The topological polar surface area (TPSA) is 49.4 Å². The molecule has 112 valence electrons. The summed E-state index contributed by atoms with van der Waals surface area (Å²) >= 11 is 0. The fraction of sp³-hybridized carbons (Fsp3) is 0.429. The van der Waals surface area contributed by atoms with Crippen molar-refractivity contribution in [1.82, 2.24) is 9.62 Å². The molecule has 0 saturated heterocycles. The molecule has 0 saturated carbocycles. The van der Waals surface area contributed by atoms with E-state index in [0.717, 1.165) is 5.56 Å². The molecule has 0 heterocycles. The molecule has 0 radical (unpaired) electrons. The molecule has 1 rings (SSSR count). The van der Waals surface area contributed by atoms with Gasteiger partial charge in [0.25, 0.3) is 0 Å². The van der Waals surface area contributed by atoms with E-state index in [1.807, 2.05) is 0 Å². The summed E-state index contributed by atoms with van der Waals surface area (Å²) in [7, 11) is -2.10. The molecule has 4 nitrogen and oxygen atoms in total. The monoisotopic (exact) mass is 300 g/mol. The molecule has 1 aromatic rings. The maximum atomic E-state index is 13.9. The summed E-state index contributed by atoms with van der Waals surface area (Å²) in [4.78, 5) is -0.284. The summed E-state index contributed by atoms with van der Waals surface area (Å²) in [6.45, 7) is 8.11. The fourth-order valence-corrected chi connectivity index (χ4v) is 3.49. The van der Waals surface area contributed by atoms with Crippen molar-refractivity contribution in [2.75, 3.05) is 20.1 Å². The van der Waals surface area contributed by atoms with Gasteiger partial charge in [-0.25, -0.2) is 12.8 Å². The van der Waals surface area contributed by atoms with Gasteiger partial charge in [-0.15, -0.1) is 0 Å². The molecule has 0 fully saturated rings. The normalized spacial score (nSPS) is 11.8. The quantitative estimate of drug-likeness (QED) is 0.785. The first kappa shape index (κ1) is 16.8. The minimum absolute atomic E-state index is 0.189. The molecule has 1 N–H and O–H groups in total. The molecule has 0 aliphatic carbocycles. The Morgan fingerprint density at radius 2 is 2.10 bits per heavy atom. The van der Waals surface area contributed by atoms with E-state index < -0.39 is 15.8 Å². The molecule has 0 bridgehead atoms. The number of sulfonamides is 1. The third-order valence-electron chi connectivity index (χ3n) is 2.79. The van der Waals surface area contributed by atoms with Gasteiger partial charge in [0, 0.05) is 19.6 Å². The standard InChI is InChI=1S/C14H21FN2O2S/c1-5-17(10-11(2)3)20(18,19)14-8-12(9-16-4)6-7-13(14)15/h6-8,16H,2,5,9-10H2,1,3-4H3. The zero-order valence-corrected chi connectivity index (χ0v) is 12.9. The zero-order valence-electron chi connectivity index (χ0n) is 12.1. The highest BCUT2D eigenvalue weighted by Gasteiger charge is 2.26. The molecule has 0 atom stereocenters. The second-order valence-electron chi connectivity index (χ2n) is 4.68. The fourth-order valence-electron chi connectivity index (χ4n) is 1.87. The smallest absolute Gasteiger partial charge is 0.246 e. The Morgan fingerprint density at radius 1 is 1.45 bits per heavy atom. The maximum absolute atomic E-state index is 13.9. The molecule has 6 heteroatoms. The minimum atomic E-state index is -3.85. The molecular formula is C14H21FN2O2S. The Hall–Kier alpha value is -1.24. The highest BCUT2D eigenvalue weighted by molar-refractivity contribution is 7.89. The summed E-state index contributed by atoms with van der Waals surface area (Å²) in [5, 5.41) is 2.91. The number of nitrogens with zero attached hydrogens (tertiary/aromatic N) is 1. The van der Waals surface area contributed by atoms with Crippen molar-refractivity contribution < 1.29 is 12.8 Å². The second-order valence-corrected chi connectivity index (χ2v) is 6.59. The first-order chi connectivity index (χ1) is 9.32. The second kappa shape index (κ2) is 6.97. The average Bonchev–Trinajstić information content (AvgIpc) is 2.38. The third kappa shape index (κ3) is 3.88. The van der Waals surface area contributed by atoms with E-state index >= 15 is 0 Å². The van der Waals surface area contributed by atoms with Gasteiger partial charge in [-0.2, -0.15) is 4.31 Å². The predicted molar refractivity (Wildman–Crippen MR) is 78.4 cm³/mol. The van der Waals surface area contributed by atoms with Crippen LogP contribution in [0, 0.1) is 5.82 Å². The summed E-state index contributed by atoms with van der Waals surface area (Å²) < 4.78 is 40.1. The largest absolute Gasteiger partial charge is 0.316 e. The van der Waals surface area contributed by atoms with Crippen molar-refractivity contribution >= 4 is 10.0 Å². The zero-order chi connectivity index (χ0) is 15.3. The van der Waals surface area contributed by atoms with E-state index in [9.17, 15) is 12.8 Å². The highest BCUT2D eigenvalue weighted by Crippen LogP contribution is 2.21. The Kier molecular flexibility index (Phi) is 5.86. The van der Waals surface area contributed by atoms with Crippen molar-refractivity contribution in [1.29, 1.82) is 0 Å². The molecule has 0 aliphatic rings. The van der Waals surface area contributed by atoms with E-state index in [4.69, 9.17) is 0 Å². The van der Waals surface area contributed by atoms with E-state index in [1.165, 1.54) is 16.4 Å². The van der Waals surface area contributed by atoms with E-state index in [1.54, 1.807) is 27.0 Å². The minimum Gasteiger partial charge on any atom is -0.316 e. The van der Waals surface area contributed by atoms with Crippen LogP contribution in [0.1, 0.15) is 19.4 Å². The number of hydrogen-bond donors (Lipinski definition) is 1. The number of halogens is 1. The van der Waals surface area contributed by atoms with Gasteiger partial charge in [0.15, 0.2) is 0 Å². The lowest BCUT2D eigenvalue weighted by Gasteiger charge is -2.21. The first-order valence-corrected chi connectivity index (χ1v) is 7.84. The van der Waals surface area contributed by atoms with Gasteiger partial charge in [0.1, 0.15) is 10.7 Å². The molecular weight excluding hydrogens is 279 g/mol. The molecule has 1 aromatic carbocycles. The van der Waals surface area contributed by atoms with Crippen molar-refractivity contribution in [2.24, 2.45) is 0 Å². The van der Waals surface area contributed by atoms with Crippen LogP contribution in [0.5, 0.6) is 0 Å². The average molecular weight is 300 g/mol. The van der Waals surface area contributed by atoms with E-state index in [0.29, 0.717) is 12.1 Å². The van der Waals surface area contributed by atoms with Gasteiger partial charge in [-0.3, -0.25) is 0 Å². The van der Waals surface area contributed by atoms with Crippen LogP contribution in [0.25, 0.3) is 0 Å². The van der Waals surface area contributed by atoms with Crippen molar-refractivity contribution in [2.45, 2.75) is 25.3 Å². The van der Waals surface area contributed by atoms with Crippen LogP contribution >= 0.6 is 0 Å². The van der Waals surface area contributed by atoms with Gasteiger partial charge in [-0.1, -0.05) is 25.1 Å². The van der Waals surface area contributed by atoms with Crippen LogP contribution in [0.15, 0.2) is 35.2 Å². The molecule has 0 aliphatic heterocycles. The van der Waals surface area contributed by atoms with Crippen molar-refractivity contribution in [3.05, 3.63) is 41.7 Å². The van der Waals surface area contributed by atoms with Crippen LogP contribution in [0.3, 0.4) is 0 Å². The van der Waals surface area contributed by atoms with Gasteiger partial charge >= 0.3 is 0 Å². The number of likely N-dealkylation sites (N-methyl/N-ethyl adjacent to an activating group) is 1. The lowest BCUT2D eigenvalue weighted by Crippen LogP contribution is -2.33. The van der Waals surface area contributed by atoms with Gasteiger partial charge in [0.2, 0.25) is 10.0 Å². The number of rotatable bonds is 7. The Labute approximate surface area is 120 Å². The van der Waals surface area contributed by atoms with E-state index in [2.05, 4.69) is 11.9 Å². The number of benzene rings is 1. The predicted octanol–water partition coefficient (Wildman–Crippen LogP) is 2.13. The molecule has 20 heavy (non-hydrogen) atoms. The summed E-state index contributed by atoms with van der Waals surface area (Å²) in [5.74, 6) is -0.731. The van der Waals surface area contributed by atoms with Crippen LogP contribution in [-0.4, -0.2) is 32.9 Å². The maximum Gasteiger partial charge on any atom is 0.246 e. The van der Waals surface area contributed by atoms with E-state index in [-0.39, 0.29) is 18.0 Å². The van der Waals surface area contributed by atoms with Crippen LogP contribution < -0.4 is 5.32 Å². The SMILES string of the molecule is C=C(C)CN(CC)S(=O)(=O)c1cc(CNC)ccc1F. The molecule has 0 aromatic heterocycles. The summed E-state index contributed by atoms with van der Waals surface area (Å²) in [6.07, 6.45) is 0. The Morgan fingerprint density at radius 3 is 2.60 bits per heavy atom. The van der Waals surface area contributed by atoms with Crippen LogP contribution in [-0.2, 0) is 16.6 Å². The van der Waals surface area contributed by atoms with Gasteiger partial charge in [0.05, 0.1) is 0 Å². The lowest BCUT2D eigenvalue weighted by molar-refractivity contribution is 0.447. The lowest BCUT2D eigenvalue weighted by atomic mass is 10.2. The van der Waals surface area contributed by atoms with Crippen LogP contribution in [0.4, 0.5) is 4.39 Å². The third-order valence-corrected chi connectivity index (χ3v) is 4.73. The highest BCUT2D eigenvalue weighted by atomic mass is 32.2. The van der Waals surface area contributed by atoms with Crippen molar-refractivity contribution in [3.8, 4) is 0 Å². The van der Waals surface area contributed by atoms with Gasteiger partial charge < -0.3 is 5.32 Å². The van der Waals surface area contributed by atoms with Gasteiger partial charge in [-0.05, 0) is 31.7 Å².